The summed E-state index contributed by atoms with van der Waals surface area (Å²) in [6.45, 7) is 6.31. The molecule has 3 N–H and O–H groups in total. The summed E-state index contributed by atoms with van der Waals surface area (Å²) in [5.74, 6) is 0.732. The standard InChI is InChI=1S/C24H36N4OS/c1-24(2,25)17-26-22(12-6-10-19-8-4-3-5-9-19)23(29)28-13-7-11-20(15-28)14-21-16-30-18-27-21/h3-5,8-9,16,18,20,22,26H,6-7,10-15,17,25H2,1-2H3/t20-,22-/m1/s1. The minimum absolute atomic E-state index is 0.172. The van der Waals surface area contributed by atoms with Gasteiger partial charge in [0.1, 0.15) is 0 Å². The van der Waals surface area contributed by atoms with E-state index in [-0.39, 0.29) is 17.5 Å². The average molecular weight is 429 g/mol. The lowest BCUT2D eigenvalue weighted by molar-refractivity contribution is -0.135. The number of aromatic nitrogens is 1. The lowest BCUT2D eigenvalue weighted by atomic mass is 9.92. The molecule has 164 valence electrons. The number of amides is 1. The van der Waals surface area contributed by atoms with Crippen molar-refractivity contribution in [2.75, 3.05) is 19.6 Å². The highest BCUT2D eigenvalue weighted by Gasteiger charge is 2.29. The highest BCUT2D eigenvalue weighted by Crippen LogP contribution is 2.22. The van der Waals surface area contributed by atoms with Crippen LogP contribution in [0, 0.1) is 5.92 Å². The van der Waals surface area contributed by atoms with Crippen molar-refractivity contribution in [3.63, 3.8) is 0 Å². The van der Waals surface area contributed by atoms with Gasteiger partial charge in [-0.1, -0.05) is 30.3 Å². The van der Waals surface area contributed by atoms with E-state index < -0.39 is 0 Å². The number of benzene rings is 1. The molecule has 1 fully saturated rings. The first-order valence-corrected chi connectivity index (χ1v) is 12.1. The van der Waals surface area contributed by atoms with Gasteiger partial charge in [0, 0.05) is 30.6 Å². The van der Waals surface area contributed by atoms with E-state index in [2.05, 4.69) is 44.8 Å². The van der Waals surface area contributed by atoms with Crippen LogP contribution in [0.15, 0.2) is 41.2 Å². The molecule has 0 saturated carbocycles. The number of hydrogen-bond acceptors (Lipinski definition) is 5. The maximum Gasteiger partial charge on any atom is 0.239 e. The summed E-state index contributed by atoms with van der Waals surface area (Å²) in [6.07, 6.45) is 6.01. The largest absolute Gasteiger partial charge is 0.341 e. The van der Waals surface area contributed by atoms with Gasteiger partial charge >= 0.3 is 0 Å². The fraction of sp³-hybridized carbons (Fsp3) is 0.583. The zero-order valence-corrected chi connectivity index (χ0v) is 19.2. The van der Waals surface area contributed by atoms with Crippen LogP contribution in [0.3, 0.4) is 0 Å². The number of thiazole rings is 1. The van der Waals surface area contributed by atoms with Gasteiger partial charge < -0.3 is 16.0 Å². The number of carbonyl (C=O) groups is 1. The van der Waals surface area contributed by atoms with Gasteiger partial charge in [-0.25, -0.2) is 4.98 Å². The van der Waals surface area contributed by atoms with E-state index >= 15 is 0 Å². The lowest BCUT2D eigenvalue weighted by Gasteiger charge is -2.36. The Morgan fingerprint density at radius 3 is 2.87 bits per heavy atom. The van der Waals surface area contributed by atoms with Gasteiger partial charge in [0.2, 0.25) is 5.91 Å². The van der Waals surface area contributed by atoms with Crippen LogP contribution in [-0.2, 0) is 17.6 Å². The first kappa shape index (κ1) is 22.9. The van der Waals surface area contributed by atoms with E-state index in [0.29, 0.717) is 12.5 Å². The molecule has 1 aliphatic heterocycles. The summed E-state index contributed by atoms with van der Waals surface area (Å²) in [4.78, 5) is 19.9. The lowest BCUT2D eigenvalue weighted by Crippen LogP contribution is -2.54. The molecule has 0 bridgehead atoms. The van der Waals surface area contributed by atoms with Crippen LogP contribution >= 0.6 is 11.3 Å². The second-order valence-electron chi connectivity index (χ2n) is 9.28. The van der Waals surface area contributed by atoms with Crippen LogP contribution in [0.2, 0.25) is 0 Å². The molecule has 30 heavy (non-hydrogen) atoms. The van der Waals surface area contributed by atoms with Crippen molar-refractivity contribution in [3.05, 3.63) is 52.5 Å². The van der Waals surface area contributed by atoms with E-state index in [1.165, 1.54) is 12.0 Å². The number of likely N-dealkylation sites (tertiary alicyclic amines) is 1. The summed E-state index contributed by atoms with van der Waals surface area (Å²) in [6, 6.07) is 10.3. The fourth-order valence-electron chi connectivity index (χ4n) is 4.14. The van der Waals surface area contributed by atoms with Crippen LogP contribution in [0.1, 0.15) is 50.8 Å². The van der Waals surface area contributed by atoms with Gasteiger partial charge in [-0.15, -0.1) is 11.3 Å². The molecule has 0 spiro atoms. The van der Waals surface area contributed by atoms with Gasteiger partial charge in [0.15, 0.2) is 0 Å². The Labute approximate surface area is 185 Å². The highest BCUT2D eigenvalue weighted by molar-refractivity contribution is 7.07. The molecule has 1 aromatic carbocycles. The van der Waals surface area contributed by atoms with Crippen LogP contribution in [0.25, 0.3) is 0 Å². The molecule has 5 nitrogen and oxygen atoms in total. The predicted octanol–water partition coefficient (Wildman–Crippen LogP) is 3.64. The number of hydrogen-bond donors (Lipinski definition) is 2. The molecule has 0 radical (unpaired) electrons. The van der Waals surface area contributed by atoms with E-state index in [0.717, 1.165) is 50.9 Å². The fourth-order valence-corrected chi connectivity index (χ4v) is 4.71. The Kier molecular flexibility index (Phi) is 8.42. The SMILES string of the molecule is CC(C)(N)CN[C@H](CCCc1ccccc1)C(=O)N1CCC[C@H](Cc2cscn2)C1. The van der Waals surface area contributed by atoms with Crippen molar-refractivity contribution < 1.29 is 4.79 Å². The Bertz CT molecular complexity index is 757. The smallest absolute Gasteiger partial charge is 0.239 e. The predicted molar refractivity (Wildman–Crippen MR) is 125 cm³/mol. The number of piperidine rings is 1. The van der Waals surface area contributed by atoms with Gasteiger partial charge in [-0.3, -0.25) is 4.79 Å². The van der Waals surface area contributed by atoms with Crippen LogP contribution < -0.4 is 11.1 Å². The first-order valence-electron chi connectivity index (χ1n) is 11.1. The number of nitrogens with two attached hydrogens (primary N) is 1. The van der Waals surface area contributed by atoms with E-state index in [4.69, 9.17) is 5.73 Å². The third-order valence-electron chi connectivity index (χ3n) is 5.72. The Morgan fingerprint density at radius 1 is 1.37 bits per heavy atom. The molecular weight excluding hydrogens is 392 g/mol. The van der Waals surface area contributed by atoms with Gasteiger partial charge in [0.05, 0.1) is 17.2 Å². The van der Waals surface area contributed by atoms with Crippen molar-refractivity contribution in [2.24, 2.45) is 11.7 Å². The number of nitrogens with one attached hydrogen (secondary N) is 1. The molecule has 1 aromatic heterocycles. The first-order chi connectivity index (χ1) is 14.4. The zero-order chi connectivity index (χ0) is 21.4. The molecule has 6 heteroatoms. The van der Waals surface area contributed by atoms with E-state index in [1.54, 1.807) is 11.3 Å². The third kappa shape index (κ3) is 7.49. The number of carbonyl (C=O) groups excluding carboxylic acids is 1. The topological polar surface area (TPSA) is 71.2 Å². The molecule has 1 aliphatic rings. The van der Waals surface area contributed by atoms with Crippen molar-refractivity contribution in [1.29, 1.82) is 0 Å². The minimum atomic E-state index is -0.340. The molecule has 0 unspecified atom stereocenters. The Hall–Kier alpha value is -1.76. The molecule has 3 rings (SSSR count). The summed E-state index contributed by atoms with van der Waals surface area (Å²) in [5.41, 5.74) is 10.2. The van der Waals surface area contributed by atoms with Crippen molar-refractivity contribution in [2.45, 2.75) is 64.0 Å². The maximum absolute atomic E-state index is 13.4. The summed E-state index contributed by atoms with van der Waals surface area (Å²) in [5, 5.41) is 5.60. The molecule has 0 aliphatic carbocycles. The normalized spacial score (nSPS) is 18.4. The second kappa shape index (κ2) is 11.0. The Balaban J connectivity index is 1.58. The zero-order valence-electron chi connectivity index (χ0n) is 18.3. The van der Waals surface area contributed by atoms with E-state index in [9.17, 15) is 4.79 Å². The van der Waals surface area contributed by atoms with Gasteiger partial charge in [0.25, 0.3) is 0 Å². The quantitative estimate of drug-likeness (QED) is 0.606. The van der Waals surface area contributed by atoms with Crippen LogP contribution in [-0.4, -0.2) is 47.0 Å². The van der Waals surface area contributed by atoms with Crippen molar-refractivity contribution in [3.8, 4) is 0 Å². The number of rotatable bonds is 10. The second-order valence-corrected chi connectivity index (χ2v) is 9.99. The average Bonchev–Trinajstić information content (AvgIpc) is 3.23. The maximum atomic E-state index is 13.4. The summed E-state index contributed by atoms with van der Waals surface area (Å²) in [7, 11) is 0. The number of aryl methyl sites for hydroxylation is 1. The number of nitrogens with zero attached hydrogens (tertiary/aromatic N) is 2. The molecule has 2 atom stereocenters. The minimum Gasteiger partial charge on any atom is -0.341 e. The van der Waals surface area contributed by atoms with E-state index in [1.807, 2.05) is 25.4 Å². The third-order valence-corrected chi connectivity index (χ3v) is 6.35. The van der Waals surface area contributed by atoms with Crippen molar-refractivity contribution >= 4 is 17.2 Å². The highest BCUT2D eigenvalue weighted by atomic mass is 32.1. The van der Waals surface area contributed by atoms with Crippen LogP contribution in [0.4, 0.5) is 0 Å². The molecular formula is C24H36N4OS. The molecule has 2 aromatic rings. The molecule has 1 saturated heterocycles. The Morgan fingerprint density at radius 2 is 2.17 bits per heavy atom. The monoisotopic (exact) mass is 428 g/mol. The molecule has 1 amide bonds. The van der Waals surface area contributed by atoms with Crippen LogP contribution in [0.5, 0.6) is 0 Å². The van der Waals surface area contributed by atoms with Gasteiger partial charge in [-0.2, -0.15) is 0 Å². The van der Waals surface area contributed by atoms with Gasteiger partial charge in [-0.05, 0) is 63.9 Å². The summed E-state index contributed by atoms with van der Waals surface area (Å²) < 4.78 is 0. The summed E-state index contributed by atoms with van der Waals surface area (Å²) >= 11 is 1.64. The molecule has 2 heterocycles. The van der Waals surface area contributed by atoms with Crippen molar-refractivity contribution in [1.82, 2.24) is 15.2 Å².